The van der Waals surface area contributed by atoms with Crippen LogP contribution < -0.4 is 0 Å². The molecule has 134 valence electrons. The molecule has 2 heterocycles. The number of halogens is 2. The fourth-order valence-corrected chi connectivity index (χ4v) is 6.30. The lowest BCUT2D eigenvalue weighted by Crippen LogP contribution is -2.47. The average Bonchev–Trinajstić information content (AvgIpc) is 2.91. The Kier molecular flexibility index (Phi) is 5.79. The Morgan fingerprint density at radius 2 is 1.75 bits per heavy atom. The fourth-order valence-electron chi connectivity index (χ4n) is 3.38. The lowest BCUT2D eigenvalue weighted by molar-refractivity contribution is 0.242. The van der Waals surface area contributed by atoms with E-state index >= 15 is 0 Å². The van der Waals surface area contributed by atoms with Crippen molar-refractivity contribution in [3.8, 4) is 0 Å². The Bertz CT molecular complexity index is 658. The predicted octanol–water partition coefficient (Wildman–Crippen LogP) is 2.56. The molecule has 1 aromatic carbocycles. The highest BCUT2D eigenvalue weighted by Crippen LogP contribution is 2.28. The van der Waals surface area contributed by atoms with Gasteiger partial charge >= 0.3 is 0 Å². The van der Waals surface area contributed by atoms with Crippen LogP contribution in [0.1, 0.15) is 19.3 Å². The maximum Gasteiger partial charge on any atom is 0.249 e. The molecule has 3 rings (SSSR count). The first-order chi connectivity index (χ1) is 11.5. The molecule has 0 aromatic heterocycles. The van der Waals surface area contributed by atoms with E-state index in [0.717, 1.165) is 43.8 Å². The van der Waals surface area contributed by atoms with Crippen LogP contribution in [-0.2, 0) is 10.0 Å². The molecule has 0 amide bonds. The van der Waals surface area contributed by atoms with Crippen molar-refractivity contribution in [1.82, 2.24) is 9.21 Å². The molecule has 2 saturated heterocycles. The molecule has 0 spiro atoms. The minimum atomic E-state index is -4.19. The molecule has 0 bridgehead atoms. The van der Waals surface area contributed by atoms with Gasteiger partial charge in [0.2, 0.25) is 10.0 Å². The molecule has 2 aliphatic rings. The van der Waals surface area contributed by atoms with Crippen LogP contribution in [0.25, 0.3) is 0 Å². The summed E-state index contributed by atoms with van der Waals surface area (Å²) in [5, 5.41) is 0. The van der Waals surface area contributed by atoms with Crippen molar-refractivity contribution >= 4 is 21.8 Å². The quantitative estimate of drug-likeness (QED) is 0.810. The van der Waals surface area contributed by atoms with Crippen molar-refractivity contribution in [2.24, 2.45) is 0 Å². The van der Waals surface area contributed by atoms with Crippen LogP contribution in [-0.4, -0.2) is 61.3 Å². The third-order valence-electron chi connectivity index (χ3n) is 4.54. The summed E-state index contributed by atoms with van der Waals surface area (Å²) < 4.78 is 55.4. The first-order valence-electron chi connectivity index (χ1n) is 8.26. The molecule has 2 aliphatic heterocycles. The Labute approximate surface area is 146 Å². The van der Waals surface area contributed by atoms with Gasteiger partial charge in [-0.2, -0.15) is 16.1 Å². The number of sulfonamides is 1. The average molecular weight is 376 g/mol. The molecule has 4 nitrogen and oxygen atoms in total. The van der Waals surface area contributed by atoms with E-state index in [1.54, 1.807) is 11.8 Å². The SMILES string of the molecule is O=S(=O)(c1c(F)cccc1F)N1CCCSCC1CN1CCCC1. The zero-order valence-electron chi connectivity index (χ0n) is 13.5. The molecular weight excluding hydrogens is 354 g/mol. The van der Waals surface area contributed by atoms with Crippen molar-refractivity contribution in [3.63, 3.8) is 0 Å². The Morgan fingerprint density at radius 1 is 1.08 bits per heavy atom. The van der Waals surface area contributed by atoms with Crippen LogP contribution in [0.5, 0.6) is 0 Å². The van der Waals surface area contributed by atoms with E-state index in [1.165, 1.54) is 10.4 Å². The van der Waals surface area contributed by atoms with Gasteiger partial charge in [0.15, 0.2) is 4.90 Å². The third kappa shape index (κ3) is 3.76. The molecule has 1 unspecified atom stereocenters. The van der Waals surface area contributed by atoms with E-state index in [2.05, 4.69) is 4.90 Å². The number of hydrogen-bond acceptors (Lipinski definition) is 4. The maximum absolute atomic E-state index is 14.1. The first kappa shape index (κ1) is 18.1. The van der Waals surface area contributed by atoms with E-state index in [9.17, 15) is 17.2 Å². The summed E-state index contributed by atoms with van der Waals surface area (Å²) in [6.07, 6.45) is 2.93. The van der Waals surface area contributed by atoms with Gasteiger partial charge in [-0.3, -0.25) is 0 Å². The molecule has 1 atom stereocenters. The summed E-state index contributed by atoms with van der Waals surface area (Å²) in [6, 6.07) is 2.93. The van der Waals surface area contributed by atoms with Crippen LogP contribution in [0.15, 0.2) is 23.1 Å². The van der Waals surface area contributed by atoms with Gasteiger partial charge in [-0.25, -0.2) is 17.2 Å². The molecule has 24 heavy (non-hydrogen) atoms. The van der Waals surface area contributed by atoms with Crippen molar-refractivity contribution in [2.45, 2.75) is 30.2 Å². The van der Waals surface area contributed by atoms with E-state index in [4.69, 9.17) is 0 Å². The second-order valence-corrected chi connectivity index (χ2v) is 9.23. The molecule has 2 fully saturated rings. The van der Waals surface area contributed by atoms with Crippen molar-refractivity contribution in [2.75, 3.05) is 37.7 Å². The van der Waals surface area contributed by atoms with Gasteiger partial charge in [0.05, 0.1) is 0 Å². The highest BCUT2D eigenvalue weighted by Gasteiger charge is 2.37. The van der Waals surface area contributed by atoms with Crippen LogP contribution in [0, 0.1) is 11.6 Å². The highest BCUT2D eigenvalue weighted by atomic mass is 32.2. The second-order valence-electron chi connectivity index (χ2n) is 6.26. The molecular formula is C16H22F2N2O2S2. The van der Waals surface area contributed by atoms with E-state index in [-0.39, 0.29) is 6.04 Å². The maximum atomic E-state index is 14.1. The van der Waals surface area contributed by atoms with Crippen molar-refractivity contribution in [3.05, 3.63) is 29.8 Å². The van der Waals surface area contributed by atoms with Gasteiger partial charge < -0.3 is 4.90 Å². The third-order valence-corrected chi connectivity index (χ3v) is 7.74. The molecule has 0 aliphatic carbocycles. The zero-order valence-corrected chi connectivity index (χ0v) is 15.1. The first-order valence-corrected chi connectivity index (χ1v) is 10.9. The van der Waals surface area contributed by atoms with Gasteiger partial charge in [0.25, 0.3) is 0 Å². The Morgan fingerprint density at radius 3 is 2.42 bits per heavy atom. The molecule has 0 saturated carbocycles. The summed E-state index contributed by atoms with van der Waals surface area (Å²) in [4.78, 5) is 1.43. The van der Waals surface area contributed by atoms with Gasteiger partial charge in [0.1, 0.15) is 11.6 Å². The molecule has 0 radical (unpaired) electrons. The van der Waals surface area contributed by atoms with Crippen molar-refractivity contribution in [1.29, 1.82) is 0 Å². The number of thioether (sulfide) groups is 1. The molecule has 8 heteroatoms. The van der Waals surface area contributed by atoms with Crippen LogP contribution in [0.2, 0.25) is 0 Å². The van der Waals surface area contributed by atoms with Gasteiger partial charge in [0, 0.05) is 24.9 Å². The standard InChI is InChI=1S/C16H22F2N2O2S2/c17-14-5-3-6-15(18)16(14)24(21,22)20-9-4-10-23-12-13(20)11-19-7-1-2-8-19/h3,5-6,13H,1-2,4,7-12H2. The summed E-state index contributed by atoms with van der Waals surface area (Å²) in [6.45, 7) is 2.86. The Hall–Kier alpha value is -0.700. The smallest absolute Gasteiger partial charge is 0.249 e. The second kappa shape index (κ2) is 7.68. The number of nitrogens with zero attached hydrogens (tertiary/aromatic N) is 2. The van der Waals surface area contributed by atoms with Gasteiger partial charge in [-0.05, 0) is 50.2 Å². The largest absolute Gasteiger partial charge is 0.302 e. The summed E-state index contributed by atoms with van der Waals surface area (Å²) in [5.74, 6) is -0.521. The Balaban J connectivity index is 1.92. The highest BCUT2D eigenvalue weighted by molar-refractivity contribution is 7.99. The normalized spacial score (nSPS) is 24.2. The van der Waals surface area contributed by atoms with E-state index < -0.39 is 26.6 Å². The molecule has 0 N–H and O–H groups in total. The van der Waals surface area contributed by atoms with Gasteiger partial charge in [-0.15, -0.1) is 0 Å². The van der Waals surface area contributed by atoms with Crippen molar-refractivity contribution < 1.29 is 17.2 Å². The lowest BCUT2D eigenvalue weighted by Gasteiger charge is -2.32. The lowest BCUT2D eigenvalue weighted by atomic mass is 10.3. The number of rotatable bonds is 4. The van der Waals surface area contributed by atoms with E-state index in [0.29, 0.717) is 25.3 Å². The summed E-state index contributed by atoms with van der Waals surface area (Å²) in [5.41, 5.74) is 0. The van der Waals surface area contributed by atoms with Crippen LogP contribution in [0.3, 0.4) is 0 Å². The monoisotopic (exact) mass is 376 g/mol. The van der Waals surface area contributed by atoms with Gasteiger partial charge in [-0.1, -0.05) is 6.07 Å². The number of likely N-dealkylation sites (tertiary alicyclic amines) is 1. The topological polar surface area (TPSA) is 40.6 Å². The molecule has 1 aromatic rings. The van der Waals surface area contributed by atoms with Crippen LogP contribution >= 0.6 is 11.8 Å². The fraction of sp³-hybridized carbons (Fsp3) is 0.625. The number of benzene rings is 1. The predicted molar refractivity (Wildman–Crippen MR) is 91.7 cm³/mol. The minimum Gasteiger partial charge on any atom is -0.302 e. The zero-order chi connectivity index (χ0) is 17.2. The van der Waals surface area contributed by atoms with Crippen LogP contribution in [0.4, 0.5) is 8.78 Å². The summed E-state index contributed by atoms with van der Waals surface area (Å²) >= 11 is 1.71. The minimum absolute atomic E-state index is 0.250. The van der Waals surface area contributed by atoms with E-state index in [1.807, 2.05) is 0 Å². The number of hydrogen-bond donors (Lipinski definition) is 0. The summed E-state index contributed by atoms with van der Waals surface area (Å²) in [7, 11) is -4.19.